The van der Waals surface area contributed by atoms with E-state index in [1.54, 1.807) is 13.3 Å². The van der Waals surface area contributed by atoms with Gasteiger partial charge in [-0.3, -0.25) is 4.57 Å². The molecule has 3 heterocycles. The first-order valence-electron chi connectivity index (χ1n) is 10.4. The third kappa shape index (κ3) is 5.54. The summed E-state index contributed by atoms with van der Waals surface area (Å²) in [6.45, 7) is 6.02. The number of rotatable bonds is 11. The van der Waals surface area contributed by atoms with E-state index < -0.39 is 0 Å². The maximum Gasteiger partial charge on any atom is 0.318 e. The molecule has 2 aromatic heterocycles. The largest absolute Gasteiger partial charge is 0.468 e. The smallest absolute Gasteiger partial charge is 0.318 e. The fourth-order valence-electron chi connectivity index (χ4n) is 3.67. The van der Waals surface area contributed by atoms with Gasteiger partial charge >= 0.3 is 6.01 Å². The van der Waals surface area contributed by atoms with Crippen LogP contribution in [-0.4, -0.2) is 46.3 Å². The molecule has 0 radical (unpaired) electrons. The zero-order chi connectivity index (χ0) is 18.9. The molecule has 1 unspecified atom stereocenters. The number of hydrogen-bond donors (Lipinski definition) is 1. The lowest BCUT2D eigenvalue weighted by Gasteiger charge is -2.22. The van der Waals surface area contributed by atoms with Gasteiger partial charge in [-0.15, -0.1) is 0 Å². The lowest BCUT2D eigenvalue weighted by atomic mass is 9.94. The average Bonchev–Trinajstić information content (AvgIpc) is 3.06. The Morgan fingerprint density at radius 1 is 1.22 bits per heavy atom. The van der Waals surface area contributed by atoms with Gasteiger partial charge in [0.05, 0.1) is 19.9 Å². The Kier molecular flexibility index (Phi) is 7.68. The third-order valence-electron chi connectivity index (χ3n) is 5.24. The standard InChI is InChI=1S/C20H33N5O2/c1-3-4-13-27-19-22-15-17-18(24-19)25(20(23-17)26-2)12-7-5-6-9-16-10-8-11-21-14-16/h15-16,21H,3-14H2,1-2H3. The van der Waals surface area contributed by atoms with Gasteiger partial charge in [0.2, 0.25) is 0 Å². The third-order valence-corrected chi connectivity index (χ3v) is 5.24. The number of nitrogens with one attached hydrogen (secondary N) is 1. The summed E-state index contributed by atoms with van der Waals surface area (Å²) >= 11 is 0. The monoisotopic (exact) mass is 375 g/mol. The second-order valence-corrected chi connectivity index (χ2v) is 7.38. The van der Waals surface area contributed by atoms with Crippen LogP contribution >= 0.6 is 0 Å². The number of methoxy groups -OCH3 is 1. The summed E-state index contributed by atoms with van der Waals surface area (Å²) < 4.78 is 13.2. The summed E-state index contributed by atoms with van der Waals surface area (Å²) in [5.41, 5.74) is 1.55. The Bertz CT molecular complexity index is 697. The van der Waals surface area contributed by atoms with E-state index in [2.05, 4.69) is 27.2 Å². The van der Waals surface area contributed by atoms with Crippen LogP contribution in [0.5, 0.6) is 12.0 Å². The molecule has 1 aliphatic rings. The van der Waals surface area contributed by atoms with Crippen LogP contribution in [0, 0.1) is 5.92 Å². The van der Waals surface area contributed by atoms with Crippen LogP contribution in [0.25, 0.3) is 11.2 Å². The molecule has 7 nitrogen and oxygen atoms in total. The first-order valence-corrected chi connectivity index (χ1v) is 10.4. The Hall–Kier alpha value is -1.89. The molecule has 3 rings (SSSR count). The van der Waals surface area contributed by atoms with Gasteiger partial charge in [0.1, 0.15) is 5.52 Å². The van der Waals surface area contributed by atoms with Gasteiger partial charge in [-0.1, -0.05) is 26.2 Å². The van der Waals surface area contributed by atoms with E-state index in [-0.39, 0.29) is 0 Å². The summed E-state index contributed by atoms with van der Waals surface area (Å²) in [6, 6.07) is 1.02. The normalized spacial score (nSPS) is 17.3. The van der Waals surface area contributed by atoms with Crippen molar-refractivity contribution >= 4 is 11.2 Å². The molecule has 0 aromatic carbocycles. The number of nitrogens with zero attached hydrogens (tertiary/aromatic N) is 4. The van der Waals surface area contributed by atoms with Crippen molar-refractivity contribution in [2.75, 3.05) is 26.8 Å². The zero-order valence-electron chi connectivity index (χ0n) is 16.7. The summed E-state index contributed by atoms with van der Waals surface area (Å²) in [6.07, 6.45) is 11.4. The Morgan fingerprint density at radius 3 is 2.93 bits per heavy atom. The second kappa shape index (κ2) is 10.4. The minimum Gasteiger partial charge on any atom is -0.468 e. The number of unbranched alkanes of at least 4 members (excludes halogenated alkanes) is 3. The molecule has 1 saturated heterocycles. The van der Waals surface area contributed by atoms with Crippen LogP contribution in [0.2, 0.25) is 0 Å². The number of fused-ring (bicyclic) bond motifs is 1. The minimum atomic E-state index is 0.421. The van der Waals surface area contributed by atoms with Crippen LogP contribution in [0.4, 0.5) is 0 Å². The maximum atomic E-state index is 5.65. The number of hydrogen-bond acceptors (Lipinski definition) is 6. The van der Waals surface area contributed by atoms with Crippen molar-refractivity contribution in [1.82, 2.24) is 24.8 Å². The van der Waals surface area contributed by atoms with Crippen LogP contribution in [0.1, 0.15) is 58.3 Å². The number of aromatic nitrogens is 4. The van der Waals surface area contributed by atoms with E-state index in [0.29, 0.717) is 18.6 Å². The van der Waals surface area contributed by atoms with E-state index in [0.717, 1.165) is 42.9 Å². The highest BCUT2D eigenvalue weighted by atomic mass is 16.5. The van der Waals surface area contributed by atoms with Crippen molar-refractivity contribution in [3.05, 3.63) is 6.20 Å². The van der Waals surface area contributed by atoms with Crippen molar-refractivity contribution in [2.45, 2.75) is 64.8 Å². The molecule has 7 heteroatoms. The van der Waals surface area contributed by atoms with Gasteiger partial charge in [0.15, 0.2) is 5.65 Å². The van der Waals surface area contributed by atoms with Gasteiger partial charge < -0.3 is 14.8 Å². The highest BCUT2D eigenvalue weighted by Gasteiger charge is 2.15. The highest BCUT2D eigenvalue weighted by Crippen LogP contribution is 2.23. The van der Waals surface area contributed by atoms with Crippen molar-refractivity contribution in [3.63, 3.8) is 0 Å². The van der Waals surface area contributed by atoms with Crippen LogP contribution < -0.4 is 14.8 Å². The predicted molar refractivity (Wildman–Crippen MR) is 106 cm³/mol. The number of piperidine rings is 1. The molecular formula is C20H33N5O2. The topological polar surface area (TPSA) is 74.1 Å². The number of aryl methyl sites for hydroxylation is 1. The van der Waals surface area contributed by atoms with E-state index in [1.807, 2.05) is 4.57 Å². The van der Waals surface area contributed by atoms with Gasteiger partial charge in [-0.25, -0.2) is 4.98 Å². The number of ether oxygens (including phenoxy) is 2. The van der Waals surface area contributed by atoms with Crippen LogP contribution in [0.15, 0.2) is 6.20 Å². The first kappa shape index (κ1) is 19.9. The van der Waals surface area contributed by atoms with Crippen LogP contribution in [0.3, 0.4) is 0 Å². The Balaban J connectivity index is 1.55. The maximum absolute atomic E-state index is 5.65. The molecule has 1 atom stereocenters. The minimum absolute atomic E-state index is 0.421. The van der Waals surface area contributed by atoms with Crippen molar-refractivity contribution in [3.8, 4) is 12.0 Å². The van der Waals surface area contributed by atoms with E-state index in [1.165, 1.54) is 45.2 Å². The summed E-state index contributed by atoms with van der Waals surface area (Å²) in [4.78, 5) is 13.3. The van der Waals surface area contributed by atoms with Crippen molar-refractivity contribution < 1.29 is 9.47 Å². The molecule has 0 amide bonds. The molecular weight excluding hydrogens is 342 g/mol. The molecule has 1 aliphatic heterocycles. The molecule has 0 saturated carbocycles. The SMILES string of the molecule is CCCCOc1ncc2nc(OC)n(CCCCCC3CCCNC3)c2n1. The number of imidazole rings is 1. The lowest BCUT2D eigenvalue weighted by molar-refractivity contribution is 0.286. The van der Waals surface area contributed by atoms with Gasteiger partial charge in [-0.05, 0) is 51.1 Å². The molecule has 1 N–H and O–H groups in total. The molecule has 0 bridgehead atoms. The second-order valence-electron chi connectivity index (χ2n) is 7.38. The molecule has 0 spiro atoms. The first-order chi connectivity index (χ1) is 13.3. The molecule has 2 aromatic rings. The Morgan fingerprint density at radius 2 is 2.15 bits per heavy atom. The molecule has 1 fully saturated rings. The summed E-state index contributed by atoms with van der Waals surface area (Å²) in [5, 5.41) is 3.50. The molecule has 27 heavy (non-hydrogen) atoms. The van der Waals surface area contributed by atoms with E-state index in [4.69, 9.17) is 9.47 Å². The van der Waals surface area contributed by atoms with E-state index >= 15 is 0 Å². The van der Waals surface area contributed by atoms with E-state index in [9.17, 15) is 0 Å². The van der Waals surface area contributed by atoms with Gasteiger partial charge in [0.25, 0.3) is 6.01 Å². The van der Waals surface area contributed by atoms with Crippen molar-refractivity contribution in [2.24, 2.45) is 5.92 Å². The zero-order valence-corrected chi connectivity index (χ0v) is 16.7. The van der Waals surface area contributed by atoms with Gasteiger partial charge in [-0.2, -0.15) is 9.97 Å². The fraction of sp³-hybridized carbons (Fsp3) is 0.750. The fourth-order valence-corrected chi connectivity index (χ4v) is 3.67. The summed E-state index contributed by atoms with van der Waals surface area (Å²) in [5.74, 6) is 0.859. The highest BCUT2D eigenvalue weighted by molar-refractivity contribution is 5.71. The van der Waals surface area contributed by atoms with Gasteiger partial charge in [0, 0.05) is 6.54 Å². The predicted octanol–water partition coefficient (Wildman–Crippen LogP) is 3.57. The summed E-state index contributed by atoms with van der Waals surface area (Å²) in [7, 11) is 1.65. The lowest BCUT2D eigenvalue weighted by Crippen LogP contribution is -2.29. The quantitative estimate of drug-likeness (QED) is 0.605. The van der Waals surface area contributed by atoms with Crippen molar-refractivity contribution in [1.29, 1.82) is 0 Å². The molecule has 0 aliphatic carbocycles. The van der Waals surface area contributed by atoms with Crippen LogP contribution in [-0.2, 0) is 6.54 Å². The average molecular weight is 376 g/mol. The Labute approximate surface area is 161 Å². The molecule has 150 valence electrons.